The van der Waals surface area contributed by atoms with Gasteiger partial charge < -0.3 is 5.73 Å². The highest BCUT2D eigenvalue weighted by molar-refractivity contribution is 7.12. The first-order chi connectivity index (χ1) is 6.77. The standard InChI is InChI=1S/C8H6N4OS/c9-7(13)8-11-6(4-14-8)5-2-1-3-10-12-5/h1-4H,(H2,9,13). The van der Waals surface area contributed by atoms with Crippen molar-refractivity contribution in [3.05, 3.63) is 28.7 Å². The summed E-state index contributed by atoms with van der Waals surface area (Å²) in [6.07, 6.45) is 1.57. The largest absolute Gasteiger partial charge is 0.364 e. The maximum Gasteiger partial charge on any atom is 0.277 e. The van der Waals surface area contributed by atoms with E-state index in [0.717, 1.165) is 0 Å². The topological polar surface area (TPSA) is 81.8 Å². The summed E-state index contributed by atoms with van der Waals surface area (Å²) >= 11 is 1.20. The van der Waals surface area contributed by atoms with Crippen LogP contribution in [0.1, 0.15) is 9.80 Å². The average molecular weight is 206 g/mol. The zero-order chi connectivity index (χ0) is 9.97. The number of carbonyl (C=O) groups is 1. The fourth-order valence-electron chi connectivity index (χ4n) is 0.943. The first-order valence-electron chi connectivity index (χ1n) is 3.81. The van der Waals surface area contributed by atoms with Crippen LogP contribution in [0, 0.1) is 0 Å². The van der Waals surface area contributed by atoms with Crippen molar-refractivity contribution in [2.75, 3.05) is 0 Å². The lowest BCUT2D eigenvalue weighted by Gasteiger charge is -1.90. The second kappa shape index (κ2) is 3.51. The van der Waals surface area contributed by atoms with Crippen molar-refractivity contribution in [2.24, 2.45) is 5.73 Å². The van der Waals surface area contributed by atoms with Gasteiger partial charge in [0.2, 0.25) is 0 Å². The molecule has 70 valence electrons. The monoisotopic (exact) mass is 206 g/mol. The second-order valence-corrected chi connectivity index (χ2v) is 3.37. The van der Waals surface area contributed by atoms with Gasteiger partial charge in [-0.2, -0.15) is 5.10 Å². The second-order valence-electron chi connectivity index (χ2n) is 2.51. The Bertz CT molecular complexity index is 453. The van der Waals surface area contributed by atoms with Crippen LogP contribution in [0.15, 0.2) is 23.7 Å². The van der Waals surface area contributed by atoms with E-state index in [1.807, 2.05) is 0 Å². The Morgan fingerprint density at radius 2 is 2.29 bits per heavy atom. The minimum Gasteiger partial charge on any atom is -0.364 e. The molecular formula is C8H6N4OS. The fraction of sp³-hybridized carbons (Fsp3) is 0. The van der Waals surface area contributed by atoms with E-state index in [-0.39, 0.29) is 5.01 Å². The van der Waals surface area contributed by atoms with Crippen LogP contribution in [0.5, 0.6) is 0 Å². The molecule has 0 bridgehead atoms. The summed E-state index contributed by atoms with van der Waals surface area (Å²) < 4.78 is 0. The number of nitrogens with two attached hydrogens (primary N) is 1. The minimum atomic E-state index is -0.523. The van der Waals surface area contributed by atoms with Gasteiger partial charge in [-0.25, -0.2) is 4.98 Å². The third-order valence-electron chi connectivity index (χ3n) is 1.55. The molecule has 0 aliphatic heterocycles. The number of thiazole rings is 1. The zero-order valence-electron chi connectivity index (χ0n) is 7.04. The van der Waals surface area contributed by atoms with E-state index in [1.165, 1.54) is 11.3 Å². The van der Waals surface area contributed by atoms with Gasteiger partial charge in [0.05, 0.1) is 0 Å². The molecule has 2 N–H and O–H groups in total. The van der Waals surface area contributed by atoms with Crippen molar-refractivity contribution in [2.45, 2.75) is 0 Å². The molecule has 2 rings (SSSR count). The first-order valence-corrected chi connectivity index (χ1v) is 4.69. The van der Waals surface area contributed by atoms with Crippen molar-refractivity contribution >= 4 is 17.2 Å². The van der Waals surface area contributed by atoms with E-state index in [0.29, 0.717) is 11.4 Å². The smallest absolute Gasteiger partial charge is 0.277 e. The Hall–Kier alpha value is -1.82. The summed E-state index contributed by atoms with van der Waals surface area (Å²) in [5, 5.41) is 9.59. The summed E-state index contributed by atoms with van der Waals surface area (Å²) in [6.45, 7) is 0. The van der Waals surface area contributed by atoms with Crippen LogP contribution in [0.4, 0.5) is 0 Å². The van der Waals surface area contributed by atoms with Crippen molar-refractivity contribution in [1.82, 2.24) is 15.2 Å². The molecule has 0 aliphatic rings. The molecule has 2 aromatic rings. The van der Waals surface area contributed by atoms with Gasteiger partial charge in [0.15, 0.2) is 5.01 Å². The van der Waals surface area contributed by atoms with Gasteiger partial charge in [-0.1, -0.05) is 0 Å². The van der Waals surface area contributed by atoms with Gasteiger partial charge in [-0.05, 0) is 12.1 Å². The highest BCUT2D eigenvalue weighted by Gasteiger charge is 2.08. The molecule has 1 amide bonds. The number of nitrogens with zero attached hydrogens (tertiary/aromatic N) is 3. The lowest BCUT2D eigenvalue weighted by atomic mass is 10.3. The van der Waals surface area contributed by atoms with E-state index in [1.54, 1.807) is 23.7 Å². The molecular weight excluding hydrogens is 200 g/mol. The molecule has 5 nitrogen and oxygen atoms in total. The molecule has 2 aromatic heterocycles. The molecule has 0 radical (unpaired) electrons. The van der Waals surface area contributed by atoms with Crippen molar-refractivity contribution in [3.8, 4) is 11.4 Å². The summed E-state index contributed by atoms with van der Waals surface area (Å²) in [7, 11) is 0. The van der Waals surface area contributed by atoms with Gasteiger partial charge in [0.1, 0.15) is 11.4 Å². The third-order valence-corrected chi connectivity index (χ3v) is 2.41. The van der Waals surface area contributed by atoms with Gasteiger partial charge in [-0.3, -0.25) is 4.79 Å². The highest BCUT2D eigenvalue weighted by Crippen LogP contribution is 2.18. The predicted octanol–water partition coefficient (Wildman–Crippen LogP) is 0.699. The lowest BCUT2D eigenvalue weighted by Crippen LogP contribution is -2.10. The third kappa shape index (κ3) is 1.60. The quantitative estimate of drug-likeness (QED) is 0.784. The van der Waals surface area contributed by atoms with Crippen LogP contribution in [-0.2, 0) is 0 Å². The minimum absolute atomic E-state index is 0.283. The molecule has 0 unspecified atom stereocenters. The predicted molar refractivity (Wildman–Crippen MR) is 51.7 cm³/mol. The van der Waals surface area contributed by atoms with E-state index in [4.69, 9.17) is 5.73 Å². The van der Waals surface area contributed by atoms with Crippen LogP contribution in [0.3, 0.4) is 0 Å². The van der Waals surface area contributed by atoms with Crippen LogP contribution in [0.2, 0.25) is 0 Å². The molecule has 0 saturated heterocycles. The lowest BCUT2D eigenvalue weighted by molar-refractivity contribution is 0.1000. The maximum absolute atomic E-state index is 10.8. The first kappa shape index (κ1) is 8.76. The summed E-state index contributed by atoms with van der Waals surface area (Å²) in [6, 6.07) is 3.53. The van der Waals surface area contributed by atoms with E-state index in [2.05, 4.69) is 15.2 Å². The molecule has 0 aliphatic carbocycles. The Kier molecular flexibility index (Phi) is 2.19. The normalized spacial score (nSPS) is 10.0. The Morgan fingerprint density at radius 3 is 2.86 bits per heavy atom. The van der Waals surface area contributed by atoms with Crippen molar-refractivity contribution < 1.29 is 4.79 Å². The Balaban J connectivity index is 2.39. The fourth-order valence-corrected chi connectivity index (χ4v) is 1.61. The number of rotatable bonds is 2. The number of aromatic nitrogens is 3. The van der Waals surface area contributed by atoms with Crippen LogP contribution in [-0.4, -0.2) is 21.1 Å². The molecule has 6 heteroatoms. The molecule has 0 spiro atoms. The number of carbonyl (C=O) groups excluding carboxylic acids is 1. The van der Waals surface area contributed by atoms with Crippen LogP contribution >= 0.6 is 11.3 Å². The number of hydrogen-bond acceptors (Lipinski definition) is 5. The van der Waals surface area contributed by atoms with Crippen molar-refractivity contribution in [1.29, 1.82) is 0 Å². The molecule has 0 saturated carbocycles. The zero-order valence-corrected chi connectivity index (χ0v) is 7.86. The van der Waals surface area contributed by atoms with E-state index < -0.39 is 5.91 Å². The Morgan fingerprint density at radius 1 is 1.43 bits per heavy atom. The molecule has 0 fully saturated rings. The summed E-state index contributed by atoms with van der Waals surface area (Å²) in [5.41, 5.74) is 6.34. The summed E-state index contributed by atoms with van der Waals surface area (Å²) in [4.78, 5) is 14.8. The maximum atomic E-state index is 10.8. The molecule has 0 aromatic carbocycles. The number of hydrogen-bond donors (Lipinski definition) is 1. The van der Waals surface area contributed by atoms with E-state index in [9.17, 15) is 4.79 Å². The van der Waals surface area contributed by atoms with Gasteiger partial charge >= 0.3 is 0 Å². The SMILES string of the molecule is NC(=O)c1nc(-c2cccnn2)cs1. The van der Waals surface area contributed by atoms with Crippen LogP contribution in [0.25, 0.3) is 11.4 Å². The average Bonchev–Trinajstić information content (AvgIpc) is 2.68. The van der Waals surface area contributed by atoms with Gasteiger partial charge in [-0.15, -0.1) is 16.4 Å². The number of primary amides is 1. The van der Waals surface area contributed by atoms with E-state index >= 15 is 0 Å². The molecule has 14 heavy (non-hydrogen) atoms. The highest BCUT2D eigenvalue weighted by atomic mass is 32.1. The van der Waals surface area contributed by atoms with Crippen LogP contribution < -0.4 is 5.73 Å². The van der Waals surface area contributed by atoms with Gasteiger partial charge in [0.25, 0.3) is 5.91 Å². The Labute approximate surface area is 83.6 Å². The number of amides is 1. The van der Waals surface area contributed by atoms with Crippen molar-refractivity contribution in [3.63, 3.8) is 0 Å². The van der Waals surface area contributed by atoms with Gasteiger partial charge in [0, 0.05) is 11.6 Å². The summed E-state index contributed by atoms with van der Waals surface area (Å²) in [5.74, 6) is -0.523. The molecule has 0 atom stereocenters. The molecule has 2 heterocycles.